The van der Waals surface area contributed by atoms with E-state index in [1.807, 2.05) is 6.07 Å². The molecular weight excluding hydrogens is 481 g/mol. The van der Waals surface area contributed by atoms with Crippen LogP contribution in [0.15, 0.2) is 21.8 Å². The van der Waals surface area contributed by atoms with E-state index in [-0.39, 0.29) is 24.0 Å². The lowest BCUT2D eigenvalue weighted by atomic mass is 10.2. The zero-order chi connectivity index (χ0) is 19.8. The summed E-state index contributed by atoms with van der Waals surface area (Å²) in [5.74, 6) is 1.06. The predicted molar refractivity (Wildman–Crippen MR) is 128 cm³/mol. The Morgan fingerprint density at radius 2 is 1.79 bits per heavy atom. The molecule has 0 saturated carbocycles. The van der Waals surface area contributed by atoms with Gasteiger partial charge in [-0.3, -0.25) is 14.8 Å². The summed E-state index contributed by atoms with van der Waals surface area (Å²) >= 11 is 0. The lowest BCUT2D eigenvalue weighted by Crippen LogP contribution is -2.53. The van der Waals surface area contributed by atoms with Gasteiger partial charge in [-0.15, -0.1) is 24.0 Å². The summed E-state index contributed by atoms with van der Waals surface area (Å²) in [6, 6.07) is 2.43. The fourth-order valence-electron chi connectivity index (χ4n) is 3.95. The lowest BCUT2D eigenvalue weighted by molar-refractivity contribution is 0.108. The highest BCUT2D eigenvalue weighted by molar-refractivity contribution is 14.0. The molecule has 1 atom stereocenters. The average molecular weight is 519 g/mol. The second-order valence-corrected chi connectivity index (χ2v) is 7.77. The number of rotatable bonds is 7. The van der Waals surface area contributed by atoms with Gasteiger partial charge in [0.1, 0.15) is 6.26 Å². The van der Waals surface area contributed by atoms with Crippen LogP contribution in [0, 0.1) is 0 Å². The van der Waals surface area contributed by atoms with Gasteiger partial charge in [0.05, 0.1) is 12.2 Å². The fourth-order valence-corrected chi connectivity index (χ4v) is 3.95. The van der Waals surface area contributed by atoms with Gasteiger partial charge in [-0.05, 0) is 20.4 Å². The number of nitrogens with zero attached hydrogens (tertiary/aromatic N) is 6. The van der Waals surface area contributed by atoms with Gasteiger partial charge < -0.3 is 19.6 Å². The minimum Gasteiger partial charge on any atom is -0.364 e. The van der Waals surface area contributed by atoms with E-state index in [1.54, 1.807) is 6.26 Å². The number of aliphatic imine (C=N–C) groups is 1. The fraction of sp³-hybridized carbons (Fsp3) is 0.800. The van der Waals surface area contributed by atoms with Crippen LogP contribution in [0.5, 0.6) is 0 Å². The molecule has 166 valence electrons. The molecule has 2 aliphatic rings. The molecule has 2 fully saturated rings. The molecule has 0 aliphatic carbocycles. The quantitative estimate of drug-likeness (QED) is 0.332. The van der Waals surface area contributed by atoms with Crippen LogP contribution in [0.2, 0.25) is 0 Å². The maximum Gasteiger partial charge on any atom is 0.194 e. The summed E-state index contributed by atoms with van der Waals surface area (Å²) in [6.07, 6.45) is 1.64. The Labute approximate surface area is 192 Å². The Bertz CT molecular complexity index is 582. The van der Waals surface area contributed by atoms with E-state index >= 15 is 0 Å². The van der Waals surface area contributed by atoms with Crippen molar-refractivity contribution in [2.24, 2.45) is 4.99 Å². The van der Waals surface area contributed by atoms with Crippen molar-refractivity contribution < 1.29 is 4.52 Å². The van der Waals surface area contributed by atoms with E-state index in [4.69, 9.17) is 9.52 Å². The molecule has 2 aliphatic heterocycles. The third-order valence-corrected chi connectivity index (χ3v) is 5.87. The van der Waals surface area contributed by atoms with E-state index in [1.165, 1.54) is 13.1 Å². The van der Waals surface area contributed by atoms with Crippen LogP contribution < -0.4 is 5.32 Å². The van der Waals surface area contributed by atoms with Crippen molar-refractivity contribution in [1.82, 2.24) is 30.1 Å². The molecule has 8 nitrogen and oxygen atoms in total. The molecule has 1 aromatic heterocycles. The molecule has 1 unspecified atom stereocenters. The SMILES string of the molecule is CCNC(=NCC(C)N1CCN(CC)CC1)N1CCN(Cc2ccon2)CC1.I. The Kier molecular flexibility index (Phi) is 10.7. The summed E-state index contributed by atoms with van der Waals surface area (Å²) < 4.78 is 4.94. The average Bonchev–Trinajstić information content (AvgIpc) is 3.24. The van der Waals surface area contributed by atoms with Crippen LogP contribution in [0.3, 0.4) is 0 Å². The van der Waals surface area contributed by atoms with Gasteiger partial charge in [-0.25, -0.2) is 0 Å². The molecule has 3 rings (SSSR count). The minimum atomic E-state index is 0. The van der Waals surface area contributed by atoms with Crippen LogP contribution in [-0.2, 0) is 6.54 Å². The summed E-state index contributed by atoms with van der Waals surface area (Å²) in [4.78, 5) is 14.9. The third-order valence-electron chi connectivity index (χ3n) is 5.87. The monoisotopic (exact) mass is 519 g/mol. The maximum atomic E-state index is 4.98. The molecule has 9 heteroatoms. The van der Waals surface area contributed by atoms with Crippen LogP contribution in [0.25, 0.3) is 0 Å². The summed E-state index contributed by atoms with van der Waals surface area (Å²) in [6.45, 7) is 19.2. The molecule has 2 saturated heterocycles. The van der Waals surface area contributed by atoms with Crippen molar-refractivity contribution in [2.45, 2.75) is 33.4 Å². The van der Waals surface area contributed by atoms with E-state index in [0.717, 1.165) is 77.1 Å². The first-order valence-electron chi connectivity index (χ1n) is 10.8. The van der Waals surface area contributed by atoms with Gasteiger partial charge >= 0.3 is 0 Å². The topological polar surface area (TPSA) is 63.4 Å². The number of piperazine rings is 2. The number of hydrogen-bond acceptors (Lipinski definition) is 6. The lowest BCUT2D eigenvalue weighted by Gasteiger charge is -2.38. The highest BCUT2D eigenvalue weighted by Gasteiger charge is 2.22. The zero-order valence-electron chi connectivity index (χ0n) is 18.2. The Hall–Kier alpha value is -0.910. The number of aromatic nitrogens is 1. The first kappa shape index (κ1) is 24.4. The van der Waals surface area contributed by atoms with Gasteiger partial charge in [0.15, 0.2) is 5.96 Å². The van der Waals surface area contributed by atoms with Crippen molar-refractivity contribution >= 4 is 29.9 Å². The van der Waals surface area contributed by atoms with Gasteiger partial charge in [-0.1, -0.05) is 12.1 Å². The van der Waals surface area contributed by atoms with Crippen LogP contribution in [0.1, 0.15) is 26.5 Å². The smallest absolute Gasteiger partial charge is 0.194 e. The molecular formula is C20H38IN7O. The summed E-state index contributed by atoms with van der Waals surface area (Å²) in [7, 11) is 0. The molecule has 0 bridgehead atoms. The standard InChI is InChI=1S/C20H37N7O.HI/c1-4-21-20(22-16-18(3)26-11-7-24(5-2)8-12-26)27-13-9-25(10-14-27)17-19-6-15-28-23-19;/h6,15,18H,4-5,7-14,16-17H2,1-3H3,(H,21,22);1H. The number of halogens is 1. The van der Waals surface area contributed by atoms with Crippen molar-refractivity contribution in [3.8, 4) is 0 Å². The molecule has 29 heavy (non-hydrogen) atoms. The highest BCUT2D eigenvalue weighted by atomic mass is 127. The predicted octanol–water partition coefficient (Wildman–Crippen LogP) is 1.40. The van der Waals surface area contributed by atoms with Crippen molar-refractivity contribution in [3.63, 3.8) is 0 Å². The first-order valence-corrected chi connectivity index (χ1v) is 10.8. The molecule has 3 heterocycles. The van der Waals surface area contributed by atoms with Gasteiger partial charge in [0.25, 0.3) is 0 Å². The highest BCUT2D eigenvalue weighted by Crippen LogP contribution is 2.09. The Morgan fingerprint density at radius 3 is 2.38 bits per heavy atom. The van der Waals surface area contributed by atoms with Crippen LogP contribution in [-0.4, -0.2) is 109 Å². The molecule has 0 amide bonds. The largest absolute Gasteiger partial charge is 0.364 e. The second kappa shape index (κ2) is 12.7. The van der Waals surface area contributed by atoms with E-state index in [0.29, 0.717) is 6.04 Å². The van der Waals surface area contributed by atoms with E-state index in [2.05, 4.69) is 50.8 Å². The van der Waals surface area contributed by atoms with Gasteiger partial charge in [-0.2, -0.15) is 0 Å². The molecule has 0 aromatic carbocycles. The zero-order valence-corrected chi connectivity index (χ0v) is 20.5. The minimum absolute atomic E-state index is 0. The van der Waals surface area contributed by atoms with Crippen LogP contribution in [0.4, 0.5) is 0 Å². The molecule has 1 aromatic rings. The Balaban J connectivity index is 0.00000300. The van der Waals surface area contributed by atoms with Crippen LogP contribution >= 0.6 is 24.0 Å². The third kappa shape index (κ3) is 7.37. The van der Waals surface area contributed by atoms with Crippen molar-refractivity contribution in [2.75, 3.05) is 72.0 Å². The second-order valence-electron chi connectivity index (χ2n) is 7.77. The van der Waals surface area contributed by atoms with Crippen molar-refractivity contribution in [3.05, 3.63) is 18.0 Å². The van der Waals surface area contributed by atoms with Gasteiger partial charge in [0.2, 0.25) is 0 Å². The molecule has 0 radical (unpaired) electrons. The normalized spacial score (nSPS) is 21.1. The molecule has 0 spiro atoms. The van der Waals surface area contributed by atoms with Crippen molar-refractivity contribution in [1.29, 1.82) is 0 Å². The summed E-state index contributed by atoms with van der Waals surface area (Å²) in [5.41, 5.74) is 1.01. The number of nitrogens with one attached hydrogen (secondary N) is 1. The number of hydrogen-bond donors (Lipinski definition) is 1. The molecule has 1 N–H and O–H groups in total. The first-order chi connectivity index (χ1) is 13.7. The number of guanidine groups is 1. The number of likely N-dealkylation sites (N-methyl/N-ethyl adjacent to an activating group) is 1. The maximum absolute atomic E-state index is 4.98. The summed E-state index contributed by atoms with van der Waals surface area (Å²) in [5, 5.41) is 7.51. The Morgan fingerprint density at radius 1 is 1.10 bits per heavy atom. The van der Waals surface area contributed by atoms with Gasteiger partial charge in [0, 0.05) is 77.6 Å². The van der Waals surface area contributed by atoms with E-state index < -0.39 is 0 Å². The van der Waals surface area contributed by atoms with E-state index in [9.17, 15) is 0 Å².